The fourth-order valence-electron chi connectivity index (χ4n) is 7.35. The zero-order chi connectivity index (χ0) is 32.3. The molecule has 0 N–H and O–H groups in total. The van der Waals surface area contributed by atoms with Crippen molar-refractivity contribution in [3.8, 4) is 22.3 Å². The lowest BCUT2D eigenvalue weighted by Gasteiger charge is -2.28. The van der Waals surface area contributed by atoms with Gasteiger partial charge in [0, 0.05) is 57.3 Å². The first-order chi connectivity index (χ1) is 24.3. The second-order valence-corrected chi connectivity index (χ2v) is 14.7. The van der Waals surface area contributed by atoms with Crippen LogP contribution in [0.4, 0.5) is 17.1 Å². The van der Waals surface area contributed by atoms with Crippen molar-refractivity contribution >= 4 is 90.9 Å². The van der Waals surface area contributed by atoms with Crippen LogP contribution in [0.3, 0.4) is 0 Å². The molecule has 0 bridgehead atoms. The number of thiophene rings is 2. The second kappa shape index (κ2) is 11.5. The van der Waals surface area contributed by atoms with Gasteiger partial charge in [0.2, 0.25) is 0 Å². The van der Waals surface area contributed by atoms with E-state index in [0.29, 0.717) is 0 Å². The molecule has 10 aromatic rings. The van der Waals surface area contributed by atoms with Crippen molar-refractivity contribution in [1.82, 2.24) is 0 Å². The van der Waals surface area contributed by atoms with Crippen LogP contribution in [0.1, 0.15) is 0 Å². The molecule has 10 rings (SSSR count). The van der Waals surface area contributed by atoms with E-state index >= 15 is 0 Å². The SMILES string of the molecule is c1ccc(N(c2ccc(-c3cccc4ccccc34)cc2)c2ccc3sc4ccccc4c3c2)c(-c2ccc3c(c2)sc2ccccc23)c1. The molecule has 0 aliphatic heterocycles. The Bertz CT molecular complexity index is 2830. The van der Waals surface area contributed by atoms with E-state index in [9.17, 15) is 0 Å². The average molecular weight is 660 g/mol. The molecule has 0 aliphatic carbocycles. The number of rotatable bonds is 5. The molecular formula is C46H29NS2. The van der Waals surface area contributed by atoms with E-state index in [2.05, 4.69) is 181 Å². The Hall–Kier alpha value is -5.74. The van der Waals surface area contributed by atoms with Crippen molar-refractivity contribution in [3.63, 3.8) is 0 Å². The Morgan fingerprint density at radius 2 is 0.898 bits per heavy atom. The molecule has 0 spiro atoms. The monoisotopic (exact) mass is 659 g/mol. The number of nitrogens with zero attached hydrogens (tertiary/aromatic N) is 1. The molecule has 0 fully saturated rings. The lowest BCUT2D eigenvalue weighted by Crippen LogP contribution is -2.11. The highest BCUT2D eigenvalue weighted by molar-refractivity contribution is 7.26. The van der Waals surface area contributed by atoms with Crippen molar-refractivity contribution in [2.24, 2.45) is 0 Å². The summed E-state index contributed by atoms with van der Waals surface area (Å²) >= 11 is 3.73. The molecule has 49 heavy (non-hydrogen) atoms. The molecule has 230 valence electrons. The first-order valence-electron chi connectivity index (χ1n) is 16.6. The van der Waals surface area contributed by atoms with Gasteiger partial charge in [0.1, 0.15) is 0 Å². The maximum absolute atomic E-state index is 2.43. The highest BCUT2D eigenvalue weighted by Gasteiger charge is 2.19. The van der Waals surface area contributed by atoms with Gasteiger partial charge in [-0.05, 0) is 82.1 Å². The predicted octanol–water partition coefficient (Wildman–Crippen LogP) is 14.4. The Morgan fingerprint density at radius 3 is 1.73 bits per heavy atom. The highest BCUT2D eigenvalue weighted by atomic mass is 32.1. The summed E-state index contributed by atoms with van der Waals surface area (Å²) in [5.74, 6) is 0. The maximum Gasteiger partial charge on any atom is 0.0540 e. The van der Waals surface area contributed by atoms with Gasteiger partial charge >= 0.3 is 0 Å². The summed E-state index contributed by atoms with van der Waals surface area (Å²) in [6, 6.07) is 64.5. The lowest BCUT2D eigenvalue weighted by atomic mass is 9.97. The standard InChI is InChI=1S/C46H29NS2/c1-2-12-35-30(10-1)11-9-16-36(35)31-20-23-33(24-21-31)47(34-25-27-45-41(29-34)39-15-5-8-19-44(39)48-45)42-17-6-3-13-37(42)32-22-26-40-38-14-4-7-18-43(38)49-46(40)28-32/h1-29H. The summed E-state index contributed by atoms with van der Waals surface area (Å²) in [7, 11) is 0. The second-order valence-electron chi connectivity index (χ2n) is 12.5. The lowest BCUT2D eigenvalue weighted by molar-refractivity contribution is 1.29. The largest absolute Gasteiger partial charge is 0.310 e. The quantitative estimate of drug-likeness (QED) is 0.178. The Morgan fingerprint density at radius 1 is 0.327 bits per heavy atom. The van der Waals surface area contributed by atoms with Gasteiger partial charge in [0.25, 0.3) is 0 Å². The van der Waals surface area contributed by atoms with Gasteiger partial charge in [0.15, 0.2) is 0 Å². The van der Waals surface area contributed by atoms with E-state index in [1.165, 1.54) is 73.4 Å². The van der Waals surface area contributed by atoms with E-state index in [0.717, 1.165) is 17.1 Å². The van der Waals surface area contributed by atoms with Gasteiger partial charge in [0.05, 0.1) is 5.69 Å². The van der Waals surface area contributed by atoms with Crippen molar-refractivity contribution in [3.05, 3.63) is 176 Å². The Balaban J connectivity index is 1.16. The van der Waals surface area contributed by atoms with Crippen LogP contribution in [0, 0.1) is 0 Å². The van der Waals surface area contributed by atoms with Crippen LogP contribution in [-0.2, 0) is 0 Å². The minimum absolute atomic E-state index is 1.12. The minimum atomic E-state index is 1.12. The topological polar surface area (TPSA) is 3.24 Å². The molecule has 2 heterocycles. The minimum Gasteiger partial charge on any atom is -0.310 e. The molecule has 1 nitrogen and oxygen atoms in total. The summed E-state index contributed by atoms with van der Waals surface area (Å²) in [6.07, 6.45) is 0. The van der Waals surface area contributed by atoms with Gasteiger partial charge in [-0.1, -0.05) is 121 Å². The van der Waals surface area contributed by atoms with Gasteiger partial charge in [-0.2, -0.15) is 0 Å². The fourth-order valence-corrected chi connectivity index (χ4v) is 9.59. The number of hydrogen-bond acceptors (Lipinski definition) is 3. The molecule has 0 radical (unpaired) electrons. The molecular weight excluding hydrogens is 631 g/mol. The first-order valence-corrected chi connectivity index (χ1v) is 18.2. The van der Waals surface area contributed by atoms with Gasteiger partial charge in [-0.25, -0.2) is 0 Å². The van der Waals surface area contributed by atoms with E-state index in [1.54, 1.807) is 0 Å². The number of hydrogen-bond donors (Lipinski definition) is 0. The smallest absolute Gasteiger partial charge is 0.0540 e. The van der Waals surface area contributed by atoms with Crippen LogP contribution >= 0.6 is 22.7 Å². The number of anilines is 3. The van der Waals surface area contributed by atoms with Crippen LogP contribution in [0.5, 0.6) is 0 Å². The molecule has 0 amide bonds. The molecule has 2 aromatic heterocycles. The maximum atomic E-state index is 2.43. The summed E-state index contributed by atoms with van der Waals surface area (Å²) in [5, 5.41) is 7.76. The highest BCUT2D eigenvalue weighted by Crippen LogP contribution is 2.45. The molecule has 0 saturated carbocycles. The van der Waals surface area contributed by atoms with E-state index in [1.807, 2.05) is 22.7 Å². The molecule has 0 unspecified atom stereocenters. The van der Waals surface area contributed by atoms with Crippen LogP contribution in [-0.4, -0.2) is 0 Å². The normalized spacial score (nSPS) is 11.7. The summed E-state index contributed by atoms with van der Waals surface area (Å²) < 4.78 is 5.26. The third-order valence-corrected chi connectivity index (χ3v) is 12.0. The number of para-hydroxylation sites is 1. The molecule has 0 aliphatic rings. The predicted molar refractivity (Wildman–Crippen MR) is 215 cm³/mol. The third kappa shape index (κ3) is 4.74. The number of benzene rings is 8. The summed E-state index contributed by atoms with van der Waals surface area (Å²) in [4.78, 5) is 2.43. The van der Waals surface area contributed by atoms with Gasteiger partial charge in [-0.15, -0.1) is 22.7 Å². The van der Waals surface area contributed by atoms with E-state index in [4.69, 9.17) is 0 Å². The van der Waals surface area contributed by atoms with Gasteiger partial charge < -0.3 is 4.90 Å². The Kier molecular flexibility index (Phi) is 6.61. The van der Waals surface area contributed by atoms with E-state index < -0.39 is 0 Å². The molecule has 0 saturated heterocycles. The van der Waals surface area contributed by atoms with Crippen LogP contribution in [0.25, 0.3) is 73.4 Å². The zero-order valence-electron chi connectivity index (χ0n) is 26.5. The molecule has 3 heteroatoms. The fraction of sp³-hybridized carbons (Fsp3) is 0. The van der Waals surface area contributed by atoms with Crippen LogP contribution < -0.4 is 4.90 Å². The molecule has 8 aromatic carbocycles. The third-order valence-electron chi connectivity index (χ3n) is 9.68. The van der Waals surface area contributed by atoms with Crippen molar-refractivity contribution < 1.29 is 0 Å². The van der Waals surface area contributed by atoms with Gasteiger partial charge in [-0.3, -0.25) is 0 Å². The molecule has 0 atom stereocenters. The van der Waals surface area contributed by atoms with Crippen molar-refractivity contribution in [2.45, 2.75) is 0 Å². The Labute approximate surface area is 292 Å². The average Bonchev–Trinajstić information content (AvgIpc) is 3.73. The van der Waals surface area contributed by atoms with Crippen LogP contribution in [0.2, 0.25) is 0 Å². The number of fused-ring (bicyclic) bond motifs is 7. The van der Waals surface area contributed by atoms with Crippen molar-refractivity contribution in [2.75, 3.05) is 4.90 Å². The van der Waals surface area contributed by atoms with E-state index in [-0.39, 0.29) is 0 Å². The van der Waals surface area contributed by atoms with Crippen LogP contribution in [0.15, 0.2) is 176 Å². The van der Waals surface area contributed by atoms with Crippen molar-refractivity contribution in [1.29, 1.82) is 0 Å². The summed E-state index contributed by atoms with van der Waals surface area (Å²) in [5.41, 5.74) is 8.30. The summed E-state index contributed by atoms with van der Waals surface area (Å²) in [6.45, 7) is 0. The first kappa shape index (κ1) is 28.3. The zero-order valence-corrected chi connectivity index (χ0v) is 28.1.